The number of ether oxygens (including phenoxy) is 6. The molecule has 2 heterocycles. The highest BCUT2D eigenvalue weighted by atomic mass is 16.6. The van der Waals surface area contributed by atoms with E-state index in [-0.39, 0.29) is 29.8 Å². The minimum absolute atomic E-state index is 0.0440. The minimum Gasteiger partial charge on any atom is -0.496 e. The lowest BCUT2D eigenvalue weighted by molar-refractivity contribution is -0.129. The van der Waals surface area contributed by atoms with E-state index in [4.69, 9.17) is 28.4 Å². The number of benzene rings is 2. The number of rotatable bonds is 6. The lowest BCUT2D eigenvalue weighted by atomic mass is 9.72. The van der Waals surface area contributed by atoms with Crippen LogP contribution in [-0.2, 0) is 14.3 Å². The molecule has 8 heteroatoms. The van der Waals surface area contributed by atoms with Crippen molar-refractivity contribution in [2.75, 3.05) is 27.4 Å². The predicted molar refractivity (Wildman–Crippen MR) is 131 cm³/mol. The molecule has 1 saturated carbocycles. The van der Waals surface area contributed by atoms with E-state index in [0.717, 1.165) is 12.0 Å². The van der Waals surface area contributed by atoms with Crippen molar-refractivity contribution in [3.63, 3.8) is 0 Å². The van der Waals surface area contributed by atoms with Crippen LogP contribution >= 0.6 is 0 Å². The van der Waals surface area contributed by atoms with Gasteiger partial charge in [0.2, 0.25) is 0 Å². The molecule has 2 aliphatic heterocycles. The first-order valence-electron chi connectivity index (χ1n) is 12.2. The van der Waals surface area contributed by atoms with Crippen LogP contribution in [0.2, 0.25) is 0 Å². The number of Topliss-reactive ketones (excluding diaryl/α,β-unsaturated/α-hetero) is 1. The van der Waals surface area contributed by atoms with Gasteiger partial charge in [-0.05, 0) is 54.7 Å². The number of fused-ring (bicyclic) bond motifs is 2. The third-order valence-electron chi connectivity index (χ3n) is 7.21. The molecular weight excluding hydrogens is 464 g/mol. The maximum Gasteiger partial charge on any atom is 0.338 e. The Morgan fingerprint density at radius 1 is 0.972 bits per heavy atom. The topological polar surface area (TPSA) is 89.5 Å². The fourth-order valence-corrected chi connectivity index (χ4v) is 5.22. The fraction of sp³-hybridized carbons (Fsp3) is 0.429. The molecule has 0 saturated heterocycles. The Morgan fingerprint density at radius 3 is 2.50 bits per heavy atom. The number of carbonyl (C=O) groups is 2. The van der Waals surface area contributed by atoms with Gasteiger partial charge in [0.05, 0.1) is 37.5 Å². The molecule has 0 radical (unpaired) electrons. The zero-order chi connectivity index (χ0) is 25.2. The molecule has 8 nitrogen and oxygen atoms in total. The summed E-state index contributed by atoms with van der Waals surface area (Å²) in [5.41, 5.74) is 1.66. The number of carbonyl (C=O) groups excluding carboxylic acids is 2. The van der Waals surface area contributed by atoms with E-state index in [1.807, 2.05) is 25.1 Å². The third kappa shape index (κ3) is 4.47. The summed E-state index contributed by atoms with van der Waals surface area (Å²) in [5, 5.41) is 0. The van der Waals surface area contributed by atoms with Gasteiger partial charge >= 0.3 is 5.97 Å². The molecular formula is C28H30O8. The summed E-state index contributed by atoms with van der Waals surface area (Å²) in [5.74, 6) is 1.67. The Kier molecular flexibility index (Phi) is 6.76. The molecule has 1 fully saturated rings. The number of methoxy groups -OCH3 is 2. The van der Waals surface area contributed by atoms with Gasteiger partial charge in [-0.1, -0.05) is 13.0 Å². The van der Waals surface area contributed by atoms with Crippen molar-refractivity contribution in [1.82, 2.24) is 0 Å². The normalized spacial score (nSPS) is 24.6. The van der Waals surface area contributed by atoms with Crippen LogP contribution in [-0.4, -0.2) is 51.4 Å². The number of ketones is 1. The average molecular weight is 495 g/mol. The number of hydrogen-bond donors (Lipinski definition) is 0. The number of esters is 1. The Labute approximate surface area is 210 Å². The molecule has 2 aromatic carbocycles. The molecule has 190 valence electrons. The molecule has 0 aromatic heterocycles. The van der Waals surface area contributed by atoms with Crippen molar-refractivity contribution in [1.29, 1.82) is 0 Å². The van der Waals surface area contributed by atoms with Crippen molar-refractivity contribution >= 4 is 17.3 Å². The summed E-state index contributed by atoms with van der Waals surface area (Å²) in [4.78, 5) is 26.5. The summed E-state index contributed by atoms with van der Waals surface area (Å²) >= 11 is 0. The van der Waals surface area contributed by atoms with E-state index >= 15 is 0 Å². The summed E-state index contributed by atoms with van der Waals surface area (Å²) in [6, 6.07) is 10.4. The molecule has 0 N–H and O–H groups in total. The second kappa shape index (κ2) is 10.1. The zero-order valence-corrected chi connectivity index (χ0v) is 20.7. The van der Waals surface area contributed by atoms with E-state index < -0.39 is 5.97 Å². The van der Waals surface area contributed by atoms with Crippen molar-refractivity contribution in [3.8, 4) is 23.0 Å². The maximum absolute atomic E-state index is 13.5. The summed E-state index contributed by atoms with van der Waals surface area (Å²) in [7, 11) is 3.06. The predicted octanol–water partition coefficient (Wildman–Crippen LogP) is 4.45. The molecule has 36 heavy (non-hydrogen) atoms. The van der Waals surface area contributed by atoms with Crippen molar-refractivity contribution in [3.05, 3.63) is 53.8 Å². The van der Waals surface area contributed by atoms with Crippen LogP contribution < -0.4 is 18.9 Å². The van der Waals surface area contributed by atoms with Crippen molar-refractivity contribution in [2.45, 2.75) is 38.4 Å². The van der Waals surface area contributed by atoms with Crippen LogP contribution in [0.25, 0.3) is 5.57 Å². The summed E-state index contributed by atoms with van der Waals surface area (Å²) < 4.78 is 33.8. The smallest absolute Gasteiger partial charge is 0.338 e. The first kappa shape index (κ1) is 24.0. The second-order valence-corrected chi connectivity index (χ2v) is 9.19. The Morgan fingerprint density at radius 2 is 1.75 bits per heavy atom. The van der Waals surface area contributed by atoms with Gasteiger partial charge < -0.3 is 28.4 Å². The molecule has 4 atom stereocenters. The van der Waals surface area contributed by atoms with Crippen molar-refractivity contribution in [2.24, 2.45) is 11.8 Å². The zero-order valence-electron chi connectivity index (χ0n) is 20.7. The summed E-state index contributed by atoms with van der Waals surface area (Å²) in [6.07, 6.45) is 2.67. The number of hydrogen-bond acceptors (Lipinski definition) is 8. The van der Waals surface area contributed by atoms with Crippen LogP contribution in [0.5, 0.6) is 23.0 Å². The minimum atomic E-state index is -0.438. The highest BCUT2D eigenvalue weighted by Crippen LogP contribution is 2.42. The fourth-order valence-electron chi connectivity index (χ4n) is 5.22. The van der Waals surface area contributed by atoms with E-state index in [2.05, 4.69) is 0 Å². The van der Waals surface area contributed by atoms with Crippen LogP contribution in [0.4, 0.5) is 0 Å². The van der Waals surface area contributed by atoms with Crippen LogP contribution in [0.15, 0.2) is 42.7 Å². The SMILES string of the molecule is CCC1CC2C(=O)C(c3ccc4c(c3)OCCO4)=COC2CC1OC(=O)c1ccc(OC)c(OC)c1. The molecule has 0 bridgehead atoms. The second-order valence-electron chi connectivity index (χ2n) is 9.19. The van der Waals surface area contributed by atoms with Gasteiger partial charge in [0, 0.05) is 6.42 Å². The van der Waals surface area contributed by atoms with E-state index in [0.29, 0.717) is 60.2 Å². The molecule has 4 unspecified atom stereocenters. The Hall–Kier alpha value is -3.68. The molecule has 0 spiro atoms. The average Bonchev–Trinajstić information content (AvgIpc) is 2.92. The first-order chi connectivity index (χ1) is 17.5. The lowest BCUT2D eigenvalue weighted by Crippen LogP contribution is -2.46. The van der Waals surface area contributed by atoms with Crippen LogP contribution in [0, 0.1) is 11.8 Å². The molecule has 1 aliphatic carbocycles. The van der Waals surface area contributed by atoms with E-state index in [1.165, 1.54) is 13.4 Å². The van der Waals surface area contributed by atoms with Gasteiger partial charge in [-0.3, -0.25) is 4.79 Å². The van der Waals surface area contributed by atoms with Crippen molar-refractivity contribution < 1.29 is 38.0 Å². The van der Waals surface area contributed by atoms with Gasteiger partial charge in [0.15, 0.2) is 28.8 Å². The summed E-state index contributed by atoms with van der Waals surface area (Å²) in [6.45, 7) is 3.04. The standard InChI is InChI=1S/C28H30O8/c1-4-16-11-19-24(14-23(16)36-28(30)18-6-7-21(31-2)25(13-18)32-3)35-15-20(27(19)29)17-5-8-22-26(12-17)34-10-9-33-22/h5-8,12-13,15-16,19,23-24H,4,9-11,14H2,1-3H3. The molecule has 2 aromatic rings. The largest absolute Gasteiger partial charge is 0.496 e. The molecule has 0 amide bonds. The lowest BCUT2D eigenvalue weighted by Gasteiger charge is -2.41. The first-order valence-corrected chi connectivity index (χ1v) is 12.2. The van der Waals surface area contributed by atoms with E-state index in [1.54, 1.807) is 25.3 Å². The quantitative estimate of drug-likeness (QED) is 0.545. The van der Waals surface area contributed by atoms with Gasteiger partial charge in [-0.15, -0.1) is 0 Å². The molecule has 3 aliphatic rings. The maximum atomic E-state index is 13.5. The molecule has 5 rings (SSSR count). The van der Waals surface area contributed by atoms with Gasteiger partial charge in [0.1, 0.15) is 25.4 Å². The third-order valence-corrected chi connectivity index (χ3v) is 7.21. The van der Waals surface area contributed by atoms with Gasteiger partial charge in [0.25, 0.3) is 0 Å². The van der Waals surface area contributed by atoms with Gasteiger partial charge in [-0.25, -0.2) is 4.79 Å². The highest BCUT2D eigenvalue weighted by molar-refractivity contribution is 6.22. The van der Waals surface area contributed by atoms with Gasteiger partial charge in [-0.2, -0.15) is 0 Å². The highest BCUT2D eigenvalue weighted by Gasteiger charge is 2.45. The number of allylic oxidation sites excluding steroid dienone is 1. The monoisotopic (exact) mass is 494 g/mol. The Bertz CT molecular complexity index is 1190. The van der Waals surface area contributed by atoms with E-state index in [9.17, 15) is 9.59 Å². The van der Waals surface area contributed by atoms with Crippen LogP contribution in [0.1, 0.15) is 42.1 Å². The van der Waals surface area contributed by atoms with Crippen LogP contribution in [0.3, 0.4) is 0 Å². The Balaban J connectivity index is 1.32.